The van der Waals surface area contributed by atoms with Gasteiger partial charge in [-0.1, -0.05) is 12.7 Å². The Morgan fingerprint density at radius 3 is 3.00 bits per heavy atom. The van der Waals surface area contributed by atoms with Gasteiger partial charge in [-0.05, 0) is 48.9 Å². The summed E-state index contributed by atoms with van der Waals surface area (Å²) in [5.41, 5.74) is 0.749. The summed E-state index contributed by atoms with van der Waals surface area (Å²) >= 11 is 1.70. The highest BCUT2D eigenvalue weighted by atomic mass is 32.1. The second kappa shape index (κ2) is 4.97. The maximum atomic E-state index is 12.4. The molecular formula is C17H18N2OS. The first kappa shape index (κ1) is 13.0. The van der Waals surface area contributed by atoms with E-state index in [9.17, 15) is 4.79 Å². The zero-order valence-corrected chi connectivity index (χ0v) is 12.6. The fraction of sp³-hybridized carbons (Fsp3) is 0.353. The van der Waals surface area contributed by atoms with Crippen molar-refractivity contribution in [1.82, 2.24) is 10.6 Å². The van der Waals surface area contributed by atoms with Crippen molar-refractivity contribution in [3.8, 4) is 0 Å². The van der Waals surface area contributed by atoms with Crippen molar-refractivity contribution >= 4 is 33.4 Å². The van der Waals surface area contributed by atoms with Crippen LogP contribution in [-0.4, -0.2) is 24.0 Å². The summed E-state index contributed by atoms with van der Waals surface area (Å²) in [6, 6.07) is 9.38. The lowest BCUT2D eigenvalue weighted by atomic mass is 9.95. The molecule has 2 bridgehead atoms. The highest BCUT2D eigenvalue weighted by Crippen LogP contribution is 2.29. The number of fused-ring (bicyclic) bond motifs is 3. The average molecular weight is 298 g/mol. The molecule has 0 spiro atoms. The Bertz CT molecular complexity index is 721. The summed E-state index contributed by atoms with van der Waals surface area (Å²) < 4.78 is 1.20. The molecule has 0 saturated carbocycles. The van der Waals surface area contributed by atoms with Gasteiger partial charge in [0.05, 0.1) is 0 Å². The number of hydrogen-bond acceptors (Lipinski definition) is 3. The van der Waals surface area contributed by atoms with Crippen molar-refractivity contribution in [1.29, 1.82) is 0 Å². The third kappa shape index (κ3) is 2.28. The minimum Gasteiger partial charge on any atom is -0.348 e. The first-order valence-corrected chi connectivity index (χ1v) is 8.27. The second-order valence-electron chi connectivity index (χ2n) is 5.97. The Labute approximate surface area is 128 Å². The van der Waals surface area contributed by atoms with Crippen molar-refractivity contribution in [2.45, 2.75) is 37.4 Å². The molecule has 0 radical (unpaired) electrons. The van der Waals surface area contributed by atoms with Crippen LogP contribution in [0.4, 0.5) is 0 Å². The molecule has 3 heterocycles. The Hall–Kier alpha value is -1.65. The zero-order valence-electron chi connectivity index (χ0n) is 11.8. The topological polar surface area (TPSA) is 41.1 Å². The maximum absolute atomic E-state index is 12.4. The Morgan fingerprint density at radius 2 is 2.29 bits per heavy atom. The number of thiophene rings is 1. The summed E-state index contributed by atoms with van der Waals surface area (Å²) in [5.74, 6) is 0.0441. The molecule has 1 aromatic heterocycles. The Balaban J connectivity index is 1.54. The molecule has 108 valence electrons. The van der Waals surface area contributed by atoms with Crippen LogP contribution in [-0.2, 0) is 0 Å². The average Bonchev–Trinajstić information content (AvgIpc) is 3.20. The van der Waals surface area contributed by atoms with E-state index >= 15 is 0 Å². The highest BCUT2D eigenvalue weighted by Gasteiger charge is 2.39. The fourth-order valence-electron chi connectivity index (χ4n) is 3.54. The molecule has 21 heavy (non-hydrogen) atoms. The number of rotatable bonds is 3. The van der Waals surface area contributed by atoms with Gasteiger partial charge in [-0.3, -0.25) is 4.79 Å². The highest BCUT2D eigenvalue weighted by molar-refractivity contribution is 7.19. The SMILES string of the molecule is C=Cc1cc2cc(C(=O)N[C@@H]3C[C@H]4CC[C@@H]3N4)ccc2s1. The molecule has 4 heteroatoms. The van der Waals surface area contributed by atoms with Crippen LogP contribution in [0, 0.1) is 0 Å². The number of nitrogens with one attached hydrogen (secondary N) is 2. The van der Waals surface area contributed by atoms with Gasteiger partial charge < -0.3 is 10.6 Å². The van der Waals surface area contributed by atoms with E-state index in [0.29, 0.717) is 12.1 Å². The van der Waals surface area contributed by atoms with E-state index in [-0.39, 0.29) is 11.9 Å². The van der Waals surface area contributed by atoms with E-state index in [4.69, 9.17) is 0 Å². The van der Waals surface area contributed by atoms with Crippen molar-refractivity contribution in [2.24, 2.45) is 0 Å². The second-order valence-corrected chi connectivity index (χ2v) is 7.08. The van der Waals surface area contributed by atoms with Gasteiger partial charge in [0.15, 0.2) is 0 Å². The van der Waals surface area contributed by atoms with Crippen LogP contribution in [0.1, 0.15) is 34.5 Å². The quantitative estimate of drug-likeness (QED) is 0.914. The van der Waals surface area contributed by atoms with E-state index in [0.717, 1.165) is 22.2 Å². The lowest BCUT2D eigenvalue weighted by molar-refractivity contribution is 0.0931. The molecule has 2 aliphatic heterocycles. The predicted molar refractivity (Wildman–Crippen MR) is 87.7 cm³/mol. The van der Waals surface area contributed by atoms with Gasteiger partial charge in [-0.25, -0.2) is 0 Å². The number of benzene rings is 1. The third-order valence-electron chi connectivity index (χ3n) is 4.62. The van der Waals surface area contributed by atoms with Crippen LogP contribution in [0.5, 0.6) is 0 Å². The zero-order chi connectivity index (χ0) is 14.4. The van der Waals surface area contributed by atoms with Crippen molar-refractivity contribution in [3.63, 3.8) is 0 Å². The normalized spacial score (nSPS) is 27.1. The van der Waals surface area contributed by atoms with E-state index in [1.807, 2.05) is 24.3 Å². The third-order valence-corrected chi connectivity index (χ3v) is 5.73. The molecule has 1 aromatic carbocycles. The Kier molecular flexibility index (Phi) is 3.08. The van der Waals surface area contributed by atoms with Gasteiger partial charge in [0.1, 0.15) is 0 Å². The molecule has 2 N–H and O–H groups in total. The summed E-state index contributed by atoms with van der Waals surface area (Å²) in [6.07, 6.45) is 5.35. The molecule has 1 amide bonds. The van der Waals surface area contributed by atoms with E-state index in [1.165, 1.54) is 17.5 Å². The molecule has 3 nitrogen and oxygen atoms in total. The van der Waals surface area contributed by atoms with Gasteiger partial charge in [-0.2, -0.15) is 0 Å². The number of carbonyl (C=O) groups excluding carboxylic acids is 1. The van der Waals surface area contributed by atoms with Gasteiger partial charge >= 0.3 is 0 Å². The molecule has 2 saturated heterocycles. The van der Waals surface area contributed by atoms with Crippen LogP contribution >= 0.6 is 11.3 Å². The lowest BCUT2D eigenvalue weighted by Crippen LogP contribution is -2.42. The molecule has 4 rings (SSSR count). The van der Waals surface area contributed by atoms with E-state index < -0.39 is 0 Å². The summed E-state index contributed by atoms with van der Waals surface area (Å²) in [6.45, 7) is 3.80. The van der Waals surface area contributed by atoms with Crippen LogP contribution in [0.2, 0.25) is 0 Å². The Morgan fingerprint density at radius 1 is 1.38 bits per heavy atom. The van der Waals surface area contributed by atoms with Crippen LogP contribution in [0.15, 0.2) is 30.8 Å². The molecule has 3 atom stereocenters. The smallest absolute Gasteiger partial charge is 0.251 e. The summed E-state index contributed by atoms with van der Waals surface area (Å²) in [4.78, 5) is 13.6. The van der Waals surface area contributed by atoms with Gasteiger partial charge in [0.25, 0.3) is 5.91 Å². The van der Waals surface area contributed by atoms with Crippen LogP contribution in [0.3, 0.4) is 0 Å². The predicted octanol–water partition coefficient (Wildman–Crippen LogP) is 3.17. The number of carbonyl (C=O) groups is 1. The van der Waals surface area contributed by atoms with Crippen molar-refractivity contribution < 1.29 is 4.79 Å². The minimum atomic E-state index is 0.0441. The molecule has 2 aromatic rings. The first-order valence-electron chi connectivity index (χ1n) is 7.46. The monoisotopic (exact) mass is 298 g/mol. The van der Waals surface area contributed by atoms with Gasteiger partial charge in [-0.15, -0.1) is 11.3 Å². The summed E-state index contributed by atoms with van der Waals surface area (Å²) in [7, 11) is 0. The first-order chi connectivity index (χ1) is 10.2. The van der Waals surface area contributed by atoms with Crippen LogP contribution in [0.25, 0.3) is 16.2 Å². The minimum absolute atomic E-state index is 0.0441. The van der Waals surface area contributed by atoms with Gasteiger partial charge in [0.2, 0.25) is 0 Å². The largest absolute Gasteiger partial charge is 0.348 e. The van der Waals surface area contributed by atoms with Crippen LogP contribution < -0.4 is 10.6 Å². The fourth-order valence-corrected chi connectivity index (χ4v) is 4.44. The molecule has 2 aliphatic rings. The van der Waals surface area contributed by atoms with Gasteiger partial charge in [0, 0.05) is 33.3 Å². The molecular weight excluding hydrogens is 280 g/mol. The lowest BCUT2D eigenvalue weighted by Gasteiger charge is -2.21. The van der Waals surface area contributed by atoms with E-state index in [1.54, 1.807) is 11.3 Å². The molecule has 0 unspecified atom stereocenters. The van der Waals surface area contributed by atoms with Crippen molar-refractivity contribution in [2.75, 3.05) is 0 Å². The number of hydrogen-bond donors (Lipinski definition) is 2. The van der Waals surface area contributed by atoms with Crippen molar-refractivity contribution in [3.05, 3.63) is 41.3 Å². The molecule has 0 aliphatic carbocycles. The number of amides is 1. The molecule has 2 fully saturated rings. The van der Waals surface area contributed by atoms with E-state index in [2.05, 4.69) is 23.3 Å². The standard InChI is InChI=1S/C17H18N2OS/c1-2-13-8-11-7-10(3-6-16(11)21-13)17(20)19-15-9-12-4-5-14(15)18-12/h2-3,6-8,12,14-15,18H,1,4-5,9H2,(H,19,20)/t12-,14+,15-/m1/s1. The summed E-state index contributed by atoms with van der Waals surface area (Å²) in [5, 5.41) is 7.86. The maximum Gasteiger partial charge on any atom is 0.251 e.